The van der Waals surface area contributed by atoms with Crippen molar-refractivity contribution in [3.63, 3.8) is 0 Å². The Morgan fingerprint density at radius 1 is 1.10 bits per heavy atom. The highest BCUT2D eigenvalue weighted by atomic mass is 19.1. The fourth-order valence-corrected chi connectivity index (χ4v) is 2.68. The summed E-state index contributed by atoms with van der Waals surface area (Å²) in [7, 11) is 0. The lowest BCUT2D eigenvalue weighted by molar-refractivity contribution is 0.232. The standard InChI is InChI=1S/C16H10FNO2/c17-12-6-3-7-14-15(12)16(18-20-14)11-8-13(19)10-5-2-1-4-9(10)11/h1-8,13,19H. The normalized spacial score (nSPS) is 17.3. The van der Waals surface area contributed by atoms with Crippen molar-refractivity contribution in [1.82, 2.24) is 5.16 Å². The second-order valence-corrected chi connectivity index (χ2v) is 4.76. The van der Waals surface area contributed by atoms with Crippen LogP contribution in [-0.2, 0) is 0 Å². The van der Waals surface area contributed by atoms with Gasteiger partial charge < -0.3 is 9.63 Å². The lowest BCUT2D eigenvalue weighted by Crippen LogP contribution is -1.90. The molecule has 3 aromatic rings. The largest absolute Gasteiger partial charge is 0.384 e. The van der Waals surface area contributed by atoms with Crippen LogP contribution in [-0.4, -0.2) is 10.3 Å². The Kier molecular flexibility index (Phi) is 2.28. The molecule has 1 atom stereocenters. The fraction of sp³-hybridized carbons (Fsp3) is 0.0625. The summed E-state index contributed by atoms with van der Waals surface area (Å²) in [6, 6.07) is 12.1. The summed E-state index contributed by atoms with van der Waals surface area (Å²) in [5.41, 5.74) is 3.20. The lowest BCUT2D eigenvalue weighted by Gasteiger charge is -2.03. The molecule has 1 heterocycles. The number of benzene rings is 2. The number of aromatic nitrogens is 1. The maximum atomic E-state index is 14.0. The Labute approximate surface area is 113 Å². The second kappa shape index (κ2) is 4.02. The van der Waals surface area contributed by atoms with Crippen molar-refractivity contribution in [2.45, 2.75) is 6.10 Å². The molecule has 0 radical (unpaired) electrons. The topological polar surface area (TPSA) is 46.3 Å². The number of aliphatic hydroxyl groups excluding tert-OH is 1. The number of nitrogens with zero attached hydrogens (tertiary/aromatic N) is 1. The molecule has 4 heteroatoms. The van der Waals surface area contributed by atoms with Gasteiger partial charge in [-0.25, -0.2) is 4.39 Å². The number of halogens is 1. The van der Waals surface area contributed by atoms with E-state index in [1.54, 1.807) is 18.2 Å². The summed E-state index contributed by atoms with van der Waals surface area (Å²) in [5.74, 6) is -0.376. The van der Waals surface area contributed by atoms with Crippen molar-refractivity contribution in [3.05, 3.63) is 71.2 Å². The molecular formula is C16H10FNO2. The van der Waals surface area contributed by atoms with Gasteiger partial charge in [-0.15, -0.1) is 0 Å². The molecule has 1 aliphatic carbocycles. The van der Waals surface area contributed by atoms with E-state index in [9.17, 15) is 9.50 Å². The van der Waals surface area contributed by atoms with Crippen LogP contribution in [0.1, 0.15) is 22.9 Å². The van der Waals surface area contributed by atoms with Crippen LogP contribution >= 0.6 is 0 Å². The van der Waals surface area contributed by atoms with Crippen LogP contribution < -0.4 is 0 Å². The van der Waals surface area contributed by atoms with Gasteiger partial charge in [0.2, 0.25) is 0 Å². The van der Waals surface area contributed by atoms with Crippen LogP contribution in [0.3, 0.4) is 0 Å². The van der Waals surface area contributed by atoms with E-state index >= 15 is 0 Å². The van der Waals surface area contributed by atoms with Gasteiger partial charge in [-0.1, -0.05) is 35.5 Å². The van der Waals surface area contributed by atoms with Crippen LogP contribution in [0.25, 0.3) is 16.5 Å². The van der Waals surface area contributed by atoms with Gasteiger partial charge in [-0.2, -0.15) is 0 Å². The molecule has 4 rings (SSSR count). The molecule has 20 heavy (non-hydrogen) atoms. The minimum atomic E-state index is -0.695. The van der Waals surface area contributed by atoms with Crippen molar-refractivity contribution in [2.24, 2.45) is 0 Å². The average molecular weight is 267 g/mol. The van der Waals surface area contributed by atoms with E-state index in [0.29, 0.717) is 22.2 Å². The Balaban J connectivity index is 2.00. The number of aliphatic hydroxyl groups is 1. The molecule has 0 aliphatic heterocycles. The molecule has 0 saturated heterocycles. The van der Waals surface area contributed by atoms with E-state index in [-0.39, 0.29) is 5.82 Å². The zero-order valence-corrected chi connectivity index (χ0v) is 10.4. The van der Waals surface area contributed by atoms with Crippen molar-refractivity contribution in [2.75, 3.05) is 0 Å². The summed E-state index contributed by atoms with van der Waals surface area (Å²) in [5, 5.41) is 14.4. The number of rotatable bonds is 1. The van der Waals surface area contributed by atoms with Crippen LogP contribution in [0.4, 0.5) is 4.39 Å². The van der Waals surface area contributed by atoms with Crippen molar-refractivity contribution < 1.29 is 14.0 Å². The summed E-state index contributed by atoms with van der Waals surface area (Å²) < 4.78 is 19.2. The summed E-state index contributed by atoms with van der Waals surface area (Å²) in [6.07, 6.45) is 0.980. The van der Waals surface area contributed by atoms with Gasteiger partial charge >= 0.3 is 0 Å². The first-order valence-corrected chi connectivity index (χ1v) is 6.29. The Morgan fingerprint density at radius 2 is 1.95 bits per heavy atom. The molecule has 2 aromatic carbocycles. The minimum Gasteiger partial charge on any atom is -0.384 e. The van der Waals surface area contributed by atoms with E-state index in [1.165, 1.54) is 6.07 Å². The Hall–Kier alpha value is -2.46. The molecule has 1 unspecified atom stereocenters. The molecular weight excluding hydrogens is 257 g/mol. The summed E-state index contributed by atoms with van der Waals surface area (Å²) in [4.78, 5) is 0. The van der Waals surface area contributed by atoms with E-state index < -0.39 is 6.10 Å². The van der Waals surface area contributed by atoms with Gasteiger partial charge in [0.15, 0.2) is 5.58 Å². The summed E-state index contributed by atoms with van der Waals surface area (Å²) in [6.45, 7) is 0. The van der Waals surface area contributed by atoms with Crippen LogP contribution in [0.15, 0.2) is 53.1 Å². The zero-order chi connectivity index (χ0) is 13.7. The first kappa shape index (κ1) is 11.4. The molecule has 0 saturated carbocycles. The maximum Gasteiger partial charge on any atom is 0.170 e. The van der Waals surface area contributed by atoms with Gasteiger partial charge in [0, 0.05) is 5.57 Å². The number of hydrogen-bond donors (Lipinski definition) is 1. The number of hydrogen-bond acceptors (Lipinski definition) is 3. The SMILES string of the molecule is OC1C=C(c2noc3cccc(F)c23)c2ccccc21. The van der Waals surface area contributed by atoms with Crippen molar-refractivity contribution in [3.8, 4) is 0 Å². The molecule has 1 aromatic heterocycles. The van der Waals surface area contributed by atoms with Gasteiger partial charge in [-0.3, -0.25) is 0 Å². The summed E-state index contributed by atoms with van der Waals surface area (Å²) >= 11 is 0. The minimum absolute atomic E-state index is 0.350. The van der Waals surface area contributed by atoms with Gasteiger partial charge in [-0.05, 0) is 29.3 Å². The van der Waals surface area contributed by atoms with Gasteiger partial charge in [0.25, 0.3) is 0 Å². The predicted octanol–water partition coefficient (Wildman–Crippen LogP) is 3.45. The first-order chi connectivity index (χ1) is 9.75. The molecule has 0 amide bonds. The van der Waals surface area contributed by atoms with Gasteiger partial charge in [0.05, 0.1) is 11.5 Å². The quantitative estimate of drug-likeness (QED) is 0.734. The fourth-order valence-electron chi connectivity index (χ4n) is 2.68. The second-order valence-electron chi connectivity index (χ2n) is 4.76. The zero-order valence-electron chi connectivity index (χ0n) is 10.4. The van der Waals surface area contributed by atoms with E-state index in [1.807, 2.05) is 24.3 Å². The molecule has 1 N–H and O–H groups in total. The van der Waals surface area contributed by atoms with Crippen molar-refractivity contribution in [1.29, 1.82) is 0 Å². The van der Waals surface area contributed by atoms with E-state index in [0.717, 1.165) is 11.1 Å². The Bertz CT molecular complexity index is 851. The van der Waals surface area contributed by atoms with Crippen LogP contribution in [0, 0.1) is 5.82 Å². The highest BCUT2D eigenvalue weighted by Gasteiger charge is 2.26. The molecule has 98 valence electrons. The maximum absolute atomic E-state index is 14.0. The molecule has 0 bridgehead atoms. The number of fused-ring (bicyclic) bond motifs is 2. The third-order valence-corrected chi connectivity index (χ3v) is 3.60. The van der Waals surface area contributed by atoms with Crippen LogP contribution in [0.5, 0.6) is 0 Å². The predicted molar refractivity (Wildman–Crippen MR) is 72.4 cm³/mol. The molecule has 1 aliphatic rings. The third kappa shape index (κ3) is 1.45. The average Bonchev–Trinajstić information content (AvgIpc) is 3.02. The Morgan fingerprint density at radius 3 is 2.85 bits per heavy atom. The third-order valence-electron chi connectivity index (χ3n) is 3.60. The highest BCUT2D eigenvalue weighted by Crippen LogP contribution is 2.40. The molecule has 3 nitrogen and oxygen atoms in total. The molecule has 0 spiro atoms. The van der Waals surface area contributed by atoms with E-state index in [4.69, 9.17) is 4.52 Å². The first-order valence-electron chi connectivity index (χ1n) is 6.29. The smallest absolute Gasteiger partial charge is 0.170 e. The van der Waals surface area contributed by atoms with Gasteiger partial charge in [0.1, 0.15) is 11.5 Å². The lowest BCUT2D eigenvalue weighted by atomic mass is 10.0. The monoisotopic (exact) mass is 267 g/mol. The van der Waals surface area contributed by atoms with E-state index in [2.05, 4.69) is 5.16 Å². The van der Waals surface area contributed by atoms with Crippen molar-refractivity contribution >= 4 is 16.5 Å². The van der Waals surface area contributed by atoms with Crippen LogP contribution in [0.2, 0.25) is 0 Å². The highest BCUT2D eigenvalue weighted by molar-refractivity contribution is 5.96. The molecule has 0 fully saturated rings.